The maximum absolute atomic E-state index is 5.41. The van der Waals surface area contributed by atoms with Crippen molar-refractivity contribution in [3.8, 4) is 0 Å². The summed E-state index contributed by atoms with van der Waals surface area (Å²) in [5.41, 5.74) is 6.20. The van der Waals surface area contributed by atoms with E-state index in [4.69, 9.17) is 4.84 Å². The van der Waals surface area contributed by atoms with Crippen LogP contribution in [0.3, 0.4) is 0 Å². The van der Waals surface area contributed by atoms with Crippen molar-refractivity contribution in [1.29, 1.82) is 0 Å². The van der Waals surface area contributed by atoms with E-state index in [1.807, 2.05) is 36.4 Å². The van der Waals surface area contributed by atoms with Gasteiger partial charge in [-0.3, -0.25) is 10.3 Å². The lowest BCUT2D eigenvalue weighted by molar-refractivity contribution is 0.0932. The van der Waals surface area contributed by atoms with E-state index < -0.39 is 0 Å². The highest BCUT2D eigenvalue weighted by atomic mass is 79.9. The molecule has 0 radical (unpaired) electrons. The number of hydrogen-bond donors (Lipinski definition) is 1. The Morgan fingerprint density at radius 2 is 1.63 bits per heavy atom. The first-order valence-electron chi connectivity index (χ1n) is 6.16. The first-order chi connectivity index (χ1) is 9.40. The molecule has 0 bridgehead atoms. The topological polar surface area (TPSA) is 21.3 Å². The van der Waals surface area contributed by atoms with Crippen LogP contribution in [-0.2, 0) is 4.84 Å². The average Bonchev–Trinajstić information content (AvgIpc) is 2.48. The van der Waals surface area contributed by atoms with E-state index >= 15 is 0 Å². The van der Waals surface area contributed by atoms with E-state index in [-0.39, 0.29) is 0 Å². The summed E-state index contributed by atoms with van der Waals surface area (Å²) >= 11 is 3.34. The van der Waals surface area contributed by atoms with Gasteiger partial charge in [0.1, 0.15) is 0 Å². The van der Waals surface area contributed by atoms with Crippen LogP contribution in [0.1, 0.15) is 11.1 Å². The Bertz CT molecular complexity index is 511. The zero-order chi connectivity index (χ0) is 13.3. The molecule has 98 valence electrons. The van der Waals surface area contributed by atoms with Crippen molar-refractivity contribution in [2.24, 2.45) is 0 Å². The SMILES string of the molecule is BrCCONC(=Cc1ccccc1)c1ccccc1. The highest BCUT2D eigenvalue weighted by molar-refractivity contribution is 9.09. The summed E-state index contributed by atoms with van der Waals surface area (Å²) in [6, 6.07) is 20.3. The summed E-state index contributed by atoms with van der Waals surface area (Å²) in [5.74, 6) is 0. The highest BCUT2D eigenvalue weighted by Gasteiger charge is 2.01. The fourth-order valence-corrected chi connectivity index (χ4v) is 1.83. The van der Waals surface area contributed by atoms with Crippen molar-refractivity contribution in [2.75, 3.05) is 11.9 Å². The maximum atomic E-state index is 5.41. The zero-order valence-electron chi connectivity index (χ0n) is 10.6. The van der Waals surface area contributed by atoms with Crippen LogP contribution in [0.4, 0.5) is 0 Å². The molecule has 1 N–H and O–H groups in total. The minimum atomic E-state index is 0.610. The van der Waals surface area contributed by atoms with Gasteiger partial charge in [-0.25, -0.2) is 0 Å². The number of rotatable bonds is 6. The van der Waals surface area contributed by atoms with Crippen molar-refractivity contribution in [2.45, 2.75) is 0 Å². The van der Waals surface area contributed by atoms with Gasteiger partial charge in [0, 0.05) is 5.33 Å². The Hall–Kier alpha value is -1.58. The summed E-state index contributed by atoms with van der Waals surface area (Å²) in [5, 5.41) is 0.799. The number of hydrogen-bond acceptors (Lipinski definition) is 2. The molecule has 0 saturated heterocycles. The van der Waals surface area contributed by atoms with Crippen molar-refractivity contribution in [3.05, 3.63) is 71.8 Å². The molecule has 0 saturated carbocycles. The van der Waals surface area contributed by atoms with Crippen LogP contribution in [0.15, 0.2) is 60.7 Å². The van der Waals surface area contributed by atoms with Gasteiger partial charge in [-0.1, -0.05) is 76.6 Å². The van der Waals surface area contributed by atoms with E-state index in [0.29, 0.717) is 6.61 Å². The van der Waals surface area contributed by atoms with E-state index in [1.54, 1.807) is 0 Å². The third-order valence-corrected chi connectivity index (χ3v) is 2.88. The molecule has 2 nitrogen and oxygen atoms in total. The second kappa shape index (κ2) is 7.77. The molecule has 0 unspecified atom stereocenters. The second-order valence-electron chi connectivity index (χ2n) is 3.97. The molecule has 0 fully saturated rings. The molecular formula is C16H16BrNO. The van der Waals surface area contributed by atoms with Gasteiger partial charge in [-0.05, 0) is 17.2 Å². The number of alkyl halides is 1. The number of halogens is 1. The van der Waals surface area contributed by atoms with Crippen LogP contribution in [-0.4, -0.2) is 11.9 Å². The molecule has 0 aliphatic rings. The molecule has 2 rings (SSSR count). The van der Waals surface area contributed by atoms with E-state index in [0.717, 1.165) is 22.2 Å². The predicted molar refractivity (Wildman–Crippen MR) is 83.6 cm³/mol. The Morgan fingerprint density at radius 3 is 2.26 bits per heavy atom. The average molecular weight is 318 g/mol. The molecule has 0 spiro atoms. The van der Waals surface area contributed by atoms with Gasteiger partial charge in [0.25, 0.3) is 0 Å². The Balaban J connectivity index is 2.22. The van der Waals surface area contributed by atoms with Gasteiger partial charge in [0.2, 0.25) is 0 Å². The van der Waals surface area contributed by atoms with Crippen molar-refractivity contribution in [3.63, 3.8) is 0 Å². The molecule has 2 aromatic carbocycles. The van der Waals surface area contributed by atoms with Crippen LogP contribution in [0.2, 0.25) is 0 Å². The molecule has 0 aromatic heterocycles. The molecule has 2 aromatic rings. The largest absolute Gasteiger partial charge is 0.275 e. The lowest BCUT2D eigenvalue weighted by Crippen LogP contribution is -2.14. The summed E-state index contributed by atoms with van der Waals surface area (Å²) in [6.07, 6.45) is 2.07. The van der Waals surface area contributed by atoms with Crippen molar-refractivity contribution >= 4 is 27.7 Å². The van der Waals surface area contributed by atoms with Gasteiger partial charge in [-0.15, -0.1) is 0 Å². The Labute approximate surface area is 122 Å². The highest BCUT2D eigenvalue weighted by Crippen LogP contribution is 2.15. The van der Waals surface area contributed by atoms with Crippen LogP contribution < -0.4 is 5.48 Å². The summed E-state index contributed by atoms with van der Waals surface area (Å²) < 4.78 is 0. The minimum Gasteiger partial charge on any atom is -0.275 e. The molecule has 0 amide bonds. The van der Waals surface area contributed by atoms with Crippen LogP contribution >= 0.6 is 15.9 Å². The first-order valence-corrected chi connectivity index (χ1v) is 7.28. The normalized spacial score (nSPS) is 11.3. The first kappa shape index (κ1) is 13.8. The Morgan fingerprint density at radius 1 is 1.00 bits per heavy atom. The van der Waals surface area contributed by atoms with Crippen LogP contribution in [0, 0.1) is 0 Å². The van der Waals surface area contributed by atoms with Crippen molar-refractivity contribution in [1.82, 2.24) is 5.48 Å². The molecule has 0 heterocycles. The summed E-state index contributed by atoms with van der Waals surface area (Å²) in [6.45, 7) is 0.610. The molecular weight excluding hydrogens is 302 g/mol. The number of benzene rings is 2. The number of nitrogens with one attached hydrogen (secondary N) is 1. The van der Waals surface area contributed by atoms with Crippen molar-refractivity contribution < 1.29 is 4.84 Å². The van der Waals surface area contributed by atoms with E-state index in [1.165, 1.54) is 0 Å². The summed E-state index contributed by atoms with van der Waals surface area (Å²) in [7, 11) is 0. The second-order valence-corrected chi connectivity index (χ2v) is 4.77. The number of hydroxylamine groups is 1. The third-order valence-electron chi connectivity index (χ3n) is 2.56. The quantitative estimate of drug-likeness (QED) is 0.375. The van der Waals surface area contributed by atoms with E-state index in [9.17, 15) is 0 Å². The zero-order valence-corrected chi connectivity index (χ0v) is 12.1. The monoisotopic (exact) mass is 317 g/mol. The molecule has 0 aliphatic carbocycles. The fourth-order valence-electron chi connectivity index (χ4n) is 1.67. The van der Waals surface area contributed by atoms with Crippen LogP contribution in [0.5, 0.6) is 0 Å². The molecule has 0 aliphatic heterocycles. The third kappa shape index (κ3) is 4.54. The molecule has 19 heavy (non-hydrogen) atoms. The van der Waals surface area contributed by atoms with Gasteiger partial charge < -0.3 is 0 Å². The minimum absolute atomic E-state index is 0.610. The molecule has 0 atom stereocenters. The lowest BCUT2D eigenvalue weighted by Gasteiger charge is -2.11. The van der Waals surface area contributed by atoms with Gasteiger partial charge in [0.05, 0.1) is 12.3 Å². The standard InChI is InChI=1S/C16H16BrNO/c17-11-12-19-18-16(15-9-5-2-6-10-15)13-14-7-3-1-4-8-14/h1-10,13,18H,11-12H2. The Kier molecular flexibility index (Phi) is 5.66. The van der Waals surface area contributed by atoms with E-state index in [2.05, 4.69) is 51.8 Å². The smallest absolute Gasteiger partial charge is 0.0842 e. The predicted octanol–water partition coefficient (Wildman–Crippen LogP) is 4.10. The van der Waals surface area contributed by atoms with Gasteiger partial charge >= 0.3 is 0 Å². The lowest BCUT2D eigenvalue weighted by atomic mass is 10.1. The summed E-state index contributed by atoms with van der Waals surface area (Å²) in [4.78, 5) is 5.41. The van der Waals surface area contributed by atoms with Gasteiger partial charge in [-0.2, -0.15) is 0 Å². The fraction of sp³-hybridized carbons (Fsp3) is 0.125. The van der Waals surface area contributed by atoms with Gasteiger partial charge in [0.15, 0.2) is 0 Å². The molecule has 3 heteroatoms. The maximum Gasteiger partial charge on any atom is 0.0842 e. The van der Waals surface area contributed by atoms with Crippen LogP contribution in [0.25, 0.3) is 11.8 Å².